The van der Waals surface area contributed by atoms with Gasteiger partial charge in [-0.05, 0) is 38.6 Å². The van der Waals surface area contributed by atoms with E-state index in [1.54, 1.807) is 0 Å². The Balaban J connectivity index is 2.96. The Labute approximate surface area is 89.8 Å². The second-order valence-corrected chi connectivity index (χ2v) is 3.96. The summed E-state index contributed by atoms with van der Waals surface area (Å²) in [4.78, 5) is 0. The van der Waals surface area contributed by atoms with Gasteiger partial charge in [-0.1, -0.05) is 44.8 Å². The Bertz CT molecular complexity index is 118. The van der Waals surface area contributed by atoms with Crippen LogP contribution in [-0.2, 0) is 0 Å². The molecule has 0 atom stereocenters. The van der Waals surface area contributed by atoms with E-state index in [-0.39, 0.29) is 0 Å². The second kappa shape index (κ2) is 12.7. The summed E-state index contributed by atoms with van der Waals surface area (Å²) in [5.74, 6) is 0. The smallest absolute Gasteiger partial charge is 0.00772 e. The van der Waals surface area contributed by atoms with Gasteiger partial charge in [-0.3, -0.25) is 0 Å². The summed E-state index contributed by atoms with van der Waals surface area (Å²) in [5.41, 5.74) is 5.41. The fourth-order valence-electron chi connectivity index (χ4n) is 1.51. The first-order chi connectivity index (χ1) is 6.91. The van der Waals surface area contributed by atoms with Crippen molar-refractivity contribution >= 4 is 0 Å². The molecule has 0 unspecified atom stereocenters. The molecule has 0 aromatic rings. The zero-order chi connectivity index (χ0) is 10.5. The predicted octanol–water partition coefficient (Wildman–Crippen LogP) is 4.03. The van der Waals surface area contributed by atoms with E-state index in [0.717, 1.165) is 6.54 Å². The van der Waals surface area contributed by atoms with E-state index in [2.05, 4.69) is 19.1 Å². The van der Waals surface area contributed by atoms with Crippen LogP contribution >= 0.6 is 0 Å². The van der Waals surface area contributed by atoms with Gasteiger partial charge in [-0.15, -0.1) is 0 Å². The highest BCUT2D eigenvalue weighted by molar-refractivity contribution is 4.81. The van der Waals surface area contributed by atoms with Crippen molar-refractivity contribution in [3.8, 4) is 0 Å². The first-order valence-corrected chi connectivity index (χ1v) is 6.27. The van der Waals surface area contributed by atoms with Crippen LogP contribution in [0.25, 0.3) is 0 Å². The minimum Gasteiger partial charge on any atom is -0.330 e. The number of rotatable bonds is 10. The van der Waals surface area contributed by atoms with Crippen LogP contribution in [0.2, 0.25) is 0 Å². The van der Waals surface area contributed by atoms with Gasteiger partial charge in [0, 0.05) is 0 Å². The Morgan fingerprint density at radius 1 is 0.786 bits per heavy atom. The summed E-state index contributed by atoms with van der Waals surface area (Å²) in [6.45, 7) is 3.10. The molecule has 1 nitrogen and oxygen atoms in total. The molecule has 0 bridgehead atoms. The first-order valence-electron chi connectivity index (χ1n) is 6.27. The molecule has 0 aliphatic carbocycles. The van der Waals surface area contributed by atoms with Gasteiger partial charge in [0.15, 0.2) is 0 Å². The third kappa shape index (κ3) is 11.7. The summed E-state index contributed by atoms with van der Waals surface area (Å²) in [5, 5.41) is 0. The van der Waals surface area contributed by atoms with Crippen LogP contribution in [0.4, 0.5) is 0 Å². The van der Waals surface area contributed by atoms with Crippen LogP contribution in [0.3, 0.4) is 0 Å². The summed E-state index contributed by atoms with van der Waals surface area (Å²) >= 11 is 0. The van der Waals surface area contributed by atoms with Gasteiger partial charge in [0.2, 0.25) is 0 Å². The van der Waals surface area contributed by atoms with Crippen molar-refractivity contribution in [3.05, 3.63) is 12.2 Å². The highest BCUT2D eigenvalue weighted by Gasteiger charge is 1.86. The monoisotopic (exact) mass is 197 g/mol. The van der Waals surface area contributed by atoms with Gasteiger partial charge in [0.05, 0.1) is 0 Å². The molecule has 0 rings (SSSR count). The fourth-order valence-corrected chi connectivity index (χ4v) is 1.51. The summed E-state index contributed by atoms with van der Waals surface area (Å²) < 4.78 is 0. The lowest BCUT2D eigenvalue weighted by atomic mass is 10.1. The van der Waals surface area contributed by atoms with Crippen LogP contribution in [0.1, 0.15) is 64.7 Å². The molecule has 0 amide bonds. The molecule has 0 saturated carbocycles. The number of allylic oxidation sites excluding steroid dienone is 2. The van der Waals surface area contributed by atoms with Crippen LogP contribution < -0.4 is 5.73 Å². The minimum atomic E-state index is 0.838. The SMILES string of the molecule is CCCCCCC/C=C/CCCCN. The number of nitrogens with two attached hydrogens (primary N) is 1. The molecule has 0 spiro atoms. The van der Waals surface area contributed by atoms with Gasteiger partial charge in [-0.25, -0.2) is 0 Å². The highest BCUT2D eigenvalue weighted by Crippen LogP contribution is 2.06. The van der Waals surface area contributed by atoms with Gasteiger partial charge in [0.25, 0.3) is 0 Å². The number of hydrogen-bond donors (Lipinski definition) is 1. The number of hydrogen-bond acceptors (Lipinski definition) is 1. The van der Waals surface area contributed by atoms with Crippen molar-refractivity contribution in [2.45, 2.75) is 64.7 Å². The van der Waals surface area contributed by atoms with Crippen LogP contribution in [0, 0.1) is 0 Å². The fraction of sp³-hybridized carbons (Fsp3) is 0.846. The molecule has 2 N–H and O–H groups in total. The normalized spacial score (nSPS) is 11.3. The summed E-state index contributed by atoms with van der Waals surface area (Å²) in [7, 11) is 0. The van der Waals surface area contributed by atoms with Gasteiger partial charge < -0.3 is 5.73 Å². The summed E-state index contributed by atoms with van der Waals surface area (Å²) in [6, 6.07) is 0. The van der Waals surface area contributed by atoms with E-state index in [1.165, 1.54) is 57.8 Å². The molecule has 0 radical (unpaired) electrons. The van der Waals surface area contributed by atoms with Crippen molar-refractivity contribution < 1.29 is 0 Å². The van der Waals surface area contributed by atoms with Gasteiger partial charge in [-0.2, -0.15) is 0 Å². The molecule has 0 heterocycles. The van der Waals surface area contributed by atoms with E-state index >= 15 is 0 Å². The minimum absolute atomic E-state index is 0.838. The lowest BCUT2D eigenvalue weighted by molar-refractivity contribution is 0.636. The lowest BCUT2D eigenvalue weighted by Crippen LogP contribution is -1.96. The zero-order valence-corrected chi connectivity index (χ0v) is 9.80. The molecule has 0 aliphatic rings. The molecule has 1 heteroatoms. The Kier molecular flexibility index (Phi) is 12.4. The molecule has 0 aromatic heterocycles. The van der Waals surface area contributed by atoms with Crippen LogP contribution in [-0.4, -0.2) is 6.54 Å². The average molecular weight is 197 g/mol. The van der Waals surface area contributed by atoms with E-state index in [9.17, 15) is 0 Å². The van der Waals surface area contributed by atoms with E-state index in [1.807, 2.05) is 0 Å². The maximum atomic E-state index is 5.41. The highest BCUT2D eigenvalue weighted by atomic mass is 14.5. The molecule has 0 aromatic carbocycles. The third-order valence-electron chi connectivity index (χ3n) is 2.47. The molecule has 14 heavy (non-hydrogen) atoms. The van der Waals surface area contributed by atoms with E-state index in [4.69, 9.17) is 5.73 Å². The molecule has 84 valence electrons. The van der Waals surface area contributed by atoms with Crippen molar-refractivity contribution in [1.82, 2.24) is 0 Å². The number of unbranched alkanes of at least 4 members (excludes halogenated alkanes) is 7. The first kappa shape index (κ1) is 13.7. The van der Waals surface area contributed by atoms with Crippen molar-refractivity contribution in [3.63, 3.8) is 0 Å². The van der Waals surface area contributed by atoms with Crippen molar-refractivity contribution in [2.24, 2.45) is 5.73 Å². The largest absolute Gasteiger partial charge is 0.330 e. The maximum absolute atomic E-state index is 5.41. The van der Waals surface area contributed by atoms with Gasteiger partial charge >= 0.3 is 0 Å². The van der Waals surface area contributed by atoms with Crippen LogP contribution in [0.15, 0.2) is 12.2 Å². The summed E-state index contributed by atoms with van der Waals surface area (Å²) in [6.07, 6.45) is 16.5. The average Bonchev–Trinajstić information content (AvgIpc) is 2.21. The zero-order valence-electron chi connectivity index (χ0n) is 9.80. The quantitative estimate of drug-likeness (QED) is 0.415. The predicted molar refractivity (Wildman–Crippen MR) is 65.4 cm³/mol. The standard InChI is InChI=1S/C13H27N/c1-2-3-4-5-6-7-8-9-10-11-12-13-14/h8-9H,2-7,10-14H2,1H3/b9-8+. The topological polar surface area (TPSA) is 26.0 Å². The Hall–Kier alpha value is -0.300. The molecular weight excluding hydrogens is 170 g/mol. The van der Waals surface area contributed by atoms with Crippen LogP contribution in [0.5, 0.6) is 0 Å². The van der Waals surface area contributed by atoms with Crippen molar-refractivity contribution in [1.29, 1.82) is 0 Å². The molecule has 0 saturated heterocycles. The lowest BCUT2D eigenvalue weighted by Gasteiger charge is -1.96. The van der Waals surface area contributed by atoms with E-state index in [0.29, 0.717) is 0 Å². The van der Waals surface area contributed by atoms with Gasteiger partial charge in [0.1, 0.15) is 0 Å². The second-order valence-electron chi connectivity index (χ2n) is 3.96. The Morgan fingerprint density at radius 3 is 1.93 bits per heavy atom. The third-order valence-corrected chi connectivity index (χ3v) is 2.47. The van der Waals surface area contributed by atoms with E-state index < -0.39 is 0 Å². The molecule has 0 fully saturated rings. The molecular formula is C13H27N. The van der Waals surface area contributed by atoms with Crippen molar-refractivity contribution in [2.75, 3.05) is 6.54 Å². The maximum Gasteiger partial charge on any atom is -0.00772 e. The Morgan fingerprint density at radius 2 is 1.36 bits per heavy atom. The molecule has 0 aliphatic heterocycles.